The van der Waals surface area contributed by atoms with Crippen molar-refractivity contribution in [2.24, 2.45) is 0 Å². The molecule has 0 fully saturated rings. The van der Waals surface area contributed by atoms with Gasteiger partial charge in [-0.2, -0.15) is 0 Å². The summed E-state index contributed by atoms with van der Waals surface area (Å²) in [6.45, 7) is 3.03. The molecule has 3 aromatic rings. The Labute approximate surface area is 165 Å². The first-order valence-electron chi connectivity index (χ1n) is 8.57. The van der Waals surface area contributed by atoms with Crippen molar-refractivity contribution in [1.29, 1.82) is 0 Å². The maximum Gasteiger partial charge on any atom is 0.274 e. The number of nitrogens with one attached hydrogen (secondary N) is 3. The maximum absolute atomic E-state index is 13.3. The van der Waals surface area contributed by atoms with Crippen LogP contribution in [-0.2, 0) is 4.79 Å². The lowest BCUT2D eigenvalue weighted by atomic mass is 10.2. The number of amides is 2. The molecule has 0 aliphatic heterocycles. The lowest BCUT2D eigenvalue weighted by Crippen LogP contribution is -2.15. The Morgan fingerprint density at radius 3 is 2.31 bits per heavy atom. The number of carbonyl (C=O) groups excluding carboxylic acids is 2. The average Bonchev–Trinajstić information content (AvgIpc) is 2.64. The van der Waals surface area contributed by atoms with Crippen LogP contribution in [0.5, 0.6) is 0 Å². The summed E-state index contributed by atoms with van der Waals surface area (Å²) >= 11 is 0. The van der Waals surface area contributed by atoms with Crippen molar-refractivity contribution in [2.45, 2.75) is 13.8 Å². The maximum atomic E-state index is 13.3. The standard InChI is InChI=1S/C20H17F2N5O2/c1-11-23-18(20(29)27-15-6-7-16(21)17(22)9-15)10-19(24-11)26-14-5-3-4-13(8-14)25-12(2)28/h3-10H,1-2H3,(H,25,28)(H,27,29)(H,23,24,26). The molecule has 0 saturated carbocycles. The van der Waals surface area contributed by atoms with Crippen LogP contribution < -0.4 is 16.0 Å². The lowest BCUT2D eigenvalue weighted by molar-refractivity contribution is -0.114. The second kappa shape index (κ2) is 8.42. The Morgan fingerprint density at radius 1 is 0.862 bits per heavy atom. The number of aromatic nitrogens is 2. The van der Waals surface area contributed by atoms with E-state index in [1.807, 2.05) is 0 Å². The summed E-state index contributed by atoms with van der Waals surface area (Å²) in [5.74, 6) is -2.18. The number of rotatable bonds is 5. The number of carbonyl (C=O) groups is 2. The van der Waals surface area contributed by atoms with Crippen LogP contribution in [0.15, 0.2) is 48.5 Å². The monoisotopic (exact) mass is 397 g/mol. The molecule has 148 valence electrons. The van der Waals surface area contributed by atoms with Gasteiger partial charge in [0.1, 0.15) is 17.3 Å². The average molecular weight is 397 g/mol. The van der Waals surface area contributed by atoms with Crippen LogP contribution in [0.1, 0.15) is 23.2 Å². The summed E-state index contributed by atoms with van der Waals surface area (Å²) in [5.41, 5.74) is 1.39. The zero-order valence-electron chi connectivity index (χ0n) is 15.6. The summed E-state index contributed by atoms with van der Waals surface area (Å²) in [5, 5.41) is 8.18. The second-order valence-corrected chi connectivity index (χ2v) is 6.16. The molecule has 0 bridgehead atoms. The zero-order valence-corrected chi connectivity index (χ0v) is 15.6. The summed E-state index contributed by atoms with van der Waals surface area (Å²) in [6, 6.07) is 11.4. The molecule has 2 aromatic carbocycles. The molecule has 3 N–H and O–H groups in total. The van der Waals surface area contributed by atoms with Crippen molar-refractivity contribution < 1.29 is 18.4 Å². The van der Waals surface area contributed by atoms with Crippen molar-refractivity contribution in [3.63, 3.8) is 0 Å². The first-order valence-corrected chi connectivity index (χ1v) is 8.57. The van der Waals surface area contributed by atoms with Crippen molar-refractivity contribution in [3.05, 3.63) is 71.7 Å². The molecule has 0 radical (unpaired) electrons. The van der Waals surface area contributed by atoms with Gasteiger partial charge in [-0.15, -0.1) is 0 Å². The summed E-state index contributed by atoms with van der Waals surface area (Å²) < 4.78 is 26.4. The fourth-order valence-electron chi connectivity index (χ4n) is 2.54. The number of hydrogen-bond acceptors (Lipinski definition) is 5. The third-order valence-electron chi connectivity index (χ3n) is 3.70. The molecule has 1 heterocycles. The molecule has 9 heteroatoms. The van der Waals surface area contributed by atoms with Crippen LogP contribution in [0.25, 0.3) is 0 Å². The number of anilines is 4. The Bertz CT molecular complexity index is 1090. The molecule has 0 unspecified atom stereocenters. The SMILES string of the molecule is CC(=O)Nc1cccc(Nc2cc(C(=O)Nc3ccc(F)c(F)c3)nc(C)n2)c1. The van der Waals surface area contributed by atoms with E-state index in [9.17, 15) is 18.4 Å². The molecule has 2 amide bonds. The minimum absolute atomic E-state index is 0.0442. The van der Waals surface area contributed by atoms with Gasteiger partial charge < -0.3 is 16.0 Å². The fraction of sp³-hybridized carbons (Fsp3) is 0.100. The zero-order chi connectivity index (χ0) is 21.0. The Morgan fingerprint density at radius 2 is 1.59 bits per heavy atom. The van der Waals surface area contributed by atoms with Gasteiger partial charge in [-0.05, 0) is 37.3 Å². The van der Waals surface area contributed by atoms with E-state index < -0.39 is 17.5 Å². The molecule has 0 saturated heterocycles. The molecule has 3 rings (SSSR count). The van der Waals surface area contributed by atoms with Crippen molar-refractivity contribution in [1.82, 2.24) is 9.97 Å². The first-order chi connectivity index (χ1) is 13.8. The lowest BCUT2D eigenvalue weighted by Gasteiger charge is -2.10. The van der Waals surface area contributed by atoms with Crippen LogP contribution in [0, 0.1) is 18.6 Å². The van der Waals surface area contributed by atoms with Crippen LogP contribution in [0.2, 0.25) is 0 Å². The highest BCUT2D eigenvalue weighted by Crippen LogP contribution is 2.20. The quantitative estimate of drug-likeness (QED) is 0.604. The minimum Gasteiger partial charge on any atom is -0.340 e. The van der Waals surface area contributed by atoms with Gasteiger partial charge in [0, 0.05) is 36.1 Å². The summed E-state index contributed by atoms with van der Waals surface area (Å²) in [4.78, 5) is 32.0. The van der Waals surface area contributed by atoms with Crippen LogP contribution in [0.4, 0.5) is 31.7 Å². The van der Waals surface area contributed by atoms with E-state index in [1.165, 1.54) is 19.1 Å². The number of halogens is 2. The van der Waals surface area contributed by atoms with E-state index in [0.29, 0.717) is 23.0 Å². The summed E-state index contributed by atoms with van der Waals surface area (Å²) in [6.07, 6.45) is 0. The third-order valence-corrected chi connectivity index (χ3v) is 3.70. The molecular formula is C20H17F2N5O2. The highest BCUT2D eigenvalue weighted by atomic mass is 19.2. The molecule has 7 nitrogen and oxygen atoms in total. The number of benzene rings is 2. The summed E-state index contributed by atoms with van der Waals surface area (Å²) in [7, 11) is 0. The molecule has 0 atom stereocenters. The van der Waals surface area contributed by atoms with Gasteiger partial charge >= 0.3 is 0 Å². The molecular weight excluding hydrogens is 380 g/mol. The Kier molecular flexibility index (Phi) is 5.77. The molecule has 29 heavy (non-hydrogen) atoms. The normalized spacial score (nSPS) is 10.3. The Balaban J connectivity index is 1.79. The minimum atomic E-state index is -1.07. The predicted octanol–water partition coefficient (Wildman–Crippen LogP) is 4.02. The van der Waals surface area contributed by atoms with Crippen molar-refractivity contribution >= 4 is 34.7 Å². The van der Waals surface area contributed by atoms with Crippen molar-refractivity contribution in [3.8, 4) is 0 Å². The molecule has 1 aromatic heterocycles. The van der Waals surface area contributed by atoms with Crippen LogP contribution in [-0.4, -0.2) is 21.8 Å². The predicted molar refractivity (Wildman–Crippen MR) is 105 cm³/mol. The molecule has 0 aliphatic rings. The van der Waals surface area contributed by atoms with E-state index in [1.54, 1.807) is 31.2 Å². The number of hydrogen-bond donors (Lipinski definition) is 3. The number of aryl methyl sites for hydroxylation is 1. The van der Waals surface area contributed by atoms with E-state index in [-0.39, 0.29) is 17.3 Å². The Hall–Kier alpha value is -3.88. The van der Waals surface area contributed by atoms with Gasteiger partial charge in [-0.3, -0.25) is 9.59 Å². The van der Waals surface area contributed by atoms with Gasteiger partial charge in [0.05, 0.1) is 0 Å². The largest absolute Gasteiger partial charge is 0.340 e. The highest BCUT2D eigenvalue weighted by molar-refractivity contribution is 6.03. The third kappa shape index (κ3) is 5.32. The first kappa shape index (κ1) is 19.9. The molecule has 0 spiro atoms. The van der Waals surface area contributed by atoms with Gasteiger partial charge in [0.25, 0.3) is 5.91 Å². The van der Waals surface area contributed by atoms with E-state index in [2.05, 4.69) is 25.9 Å². The second-order valence-electron chi connectivity index (χ2n) is 6.16. The molecule has 0 aliphatic carbocycles. The van der Waals surface area contributed by atoms with Gasteiger partial charge in [0.15, 0.2) is 11.6 Å². The topological polar surface area (TPSA) is 96.0 Å². The van der Waals surface area contributed by atoms with E-state index in [4.69, 9.17) is 0 Å². The van der Waals surface area contributed by atoms with Gasteiger partial charge in [-0.25, -0.2) is 18.7 Å². The number of nitrogens with zero attached hydrogens (tertiary/aromatic N) is 2. The van der Waals surface area contributed by atoms with Crippen LogP contribution in [0.3, 0.4) is 0 Å². The van der Waals surface area contributed by atoms with E-state index in [0.717, 1.165) is 12.1 Å². The van der Waals surface area contributed by atoms with E-state index >= 15 is 0 Å². The van der Waals surface area contributed by atoms with Gasteiger partial charge in [0.2, 0.25) is 5.91 Å². The van der Waals surface area contributed by atoms with Gasteiger partial charge in [-0.1, -0.05) is 6.07 Å². The fourth-order valence-corrected chi connectivity index (χ4v) is 2.54. The smallest absolute Gasteiger partial charge is 0.274 e. The van der Waals surface area contributed by atoms with Crippen LogP contribution >= 0.6 is 0 Å². The highest BCUT2D eigenvalue weighted by Gasteiger charge is 2.13. The van der Waals surface area contributed by atoms with Crippen molar-refractivity contribution in [2.75, 3.05) is 16.0 Å².